The molecule has 0 aliphatic heterocycles. The van der Waals surface area contributed by atoms with Gasteiger partial charge in [0.05, 0.1) is 12.2 Å². The van der Waals surface area contributed by atoms with E-state index < -0.39 is 0 Å². The summed E-state index contributed by atoms with van der Waals surface area (Å²) in [5, 5.41) is 5.68. The van der Waals surface area contributed by atoms with Crippen LogP contribution in [0.2, 0.25) is 0 Å². The highest BCUT2D eigenvalue weighted by atomic mass is 16.5. The summed E-state index contributed by atoms with van der Waals surface area (Å²) >= 11 is 0. The number of unbranched alkanes of at least 4 members (excludes halogenated alkanes) is 1. The SMILES string of the molecule is CCCCNC(=O)CCCNC(=O)c1ccccc1OCC. The van der Waals surface area contributed by atoms with Gasteiger partial charge in [0.25, 0.3) is 5.91 Å². The normalized spacial score (nSPS) is 10.1. The second-order valence-corrected chi connectivity index (χ2v) is 4.99. The van der Waals surface area contributed by atoms with E-state index in [1.807, 2.05) is 13.0 Å². The molecule has 0 fully saturated rings. The van der Waals surface area contributed by atoms with Crippen molar-refractivity contribution in [2.75, 3.05) is 19.7 Å². The average Bonchev–Trinajstić information content (AvgIpc) is 2.52. The number of ether oxygens (including phenoxy) is 1. The van der Waals surface area contributed by atoms with Gasteiger partial charge in [-0.3, -0.25) is 9.59 Å². The van der Waals surface area contributed by atoms with Crippen LogP contribution < -0.4 is 15.4 Å². The highest BCUT2D eigenvalue weighted by Gasteiger charge is 2.11. The second-order valence-electron chi connectivity index (χ2n) is 4.99. The van der Waals surface area contributed by atoms with Crippen LogP contribution in [-0.2, 0) is 4.79 Å². The van der Waals surface area contributed by atoms with Crippen LogP contribution >= 0.6 is 0 Å². The maximum atomic E-state index is 12.1. The molecule has 0 unspecified atom stereocenters. The molecule has 1 aromatic rings. The van der Waals surface area contributed by atoms with Gasteiger partial charge in [-0.25, -0.2) is 0 Å². The van der Waals surface area contributed by atoms with Crippen LogP contribution in [0.1, 0.15) is 49.9 Å². The van der Waals surface area contributed by atoms with Gasteiger partial charge >= 0.3 is 0 Å². The summed E-state index contributed by atoms with van der Waals surface area (Å²) in [6.45, 7) is 5.68. The Morgan fingerprint density at radius 1 is 1.05 bits per heavy atom. The Morgan fingerprint density at radius 3 is 2.50 bits per heavy atom. The van der Waals surface area contributed by atoms with Crippen LogP contribution in [0.5, 0.6) is 5.75 Å². The molecule has 0 aliphatic rings. The number of amides is 2. The van der Waals surface area contributed by atoms with Crippen LogP contribution in [-0.4, -0.2) is 31.5 Å². The molecule has 0 aromatic heterocycles. The van der Waals surface area contributed by atoms with Gasteiger partial charge in [0.2, 0.25) is 5.91 Å². The van der Waals surface area contributed by atoms with E-state index >= 15 is 0 Å². The summed E-state index contributed by atoms with van der Waals surface area (Å²) in [6.07, 6.45) is 3.11. The summed E-state index contributed by atoms with van der Waals surface area (Å²) < 4.78 is 5.43. The first kappa shape index (κ1) is 18.0. The van der Waals surface area contributed by atoms with E-state index in [4.69, 9.17) is 4.74 Å². The van der Waals surface area contributed by atoms with Crippen molar-refractivity contribution in [3.05, 3.63) is 29.8 Å². The van der Waals surface area contributed by atoms with Crippen molar-refractivity contribution >= 4 is 11.8 Å². The zero-order chi connectivity index (χ0) is 16.2. The lowest BCUT2D eigenvalue weighted by molar-refractivity contribution is -0.121. The lowest BCUT2D eigenvalue weighted by Gasteiger charge is -2.10. The van der Waals surface area contributed by atoms with E-state index in [0.717, 1.165) is 19.4 Å². The molecule has 2 amide bonds. The molecule has 0 radical (unpaired) electrons. The lowest BCUT2D eigenvalue weighted by Crippen LogP contribution is -2.28. The molecule has 5 nitrogen and oxygen atoms in total. The minimum Gasteiger partial charge on any atom is -0.493 e. The number of benzene rings is 1. The van der Waals surface area contributed by atoms with Gasteiger partial charge in [-0.05, 0) is 31.9 Å². The number of hydrogen-bond donors (Lipinski definition) is 2. The maximum Gasteiger partial charge on any atom is 0.255 e. The smallest absolute Gasteiger partial charge is 0.255 e. The van der Waals surface area contributed by atoms with E-state index in [1.165, 1.54) is 0 Å². The Labute approximate surface area is 132 Å². The molecule has 2 N–H and O–H groups in total. The van der Waals surface area contributed by atoms with Crippen LogP contribution in [0.25, 0.3) is 0 Å². The number of carbonyl (C=O) groups is 2. The first-order valence-corrected chi connectivity index (χ1v) is 7.95. The molecule has 22 heavy (non-hydrogen) atoms. The molecule has 0 saturated carbocycles. The van der Waals surface area contributed by atoms with Crippen LogP contribution in [0.15, 0.2) is 24.3 Å². The van der Waals surface area contributed by atoms with Crippen LogP contribution in [0.4, 0.5) is 0 Å². The molecule has 0 spiro atoms. The largest absolute Gasteiger partial charge is 0.493 e. The third-order valence-corrected chi connectivity index (χ3v) is 3.15. The minimum atomic E-state index is -0.171. The Bertz CT molecular complexity index is 475. The number of nitrogens with one attached hydrogen (secondary N) is 2. The van der Waals surface area contributed by atoms with Crippen molar-refractivity contribution < 1.29 is 14.3 Å². The fourth-order valence-electron chi connectivity index (χ4n) is 1.97. The third kappa shape index (κ3) is 6.61. The molecule has 0 atom stereocenters. The Morgan fingerprint density at radius 2 is 1.77 bits per heavy atom. The van der Waals surface area contributed by atoms with E-state index in [1.54, 1.807) is 18.2 Å². The number of hydrogen-bond acceptors (Lipinski definition) is 3. The van der Waals surface area contributed by atoms with Gasteiger partial charge in [-0.2, -0.15) is 0 Å². The van der Waals surface area contributed by atoms with E-state index in [-0.39, 0.29) is 11.8 Å². The topological polar surface area (TPSA) is 67.4 Å². The molecular weight excluding hydrogens is 280 g/mol. The summed E-state index contributed by atoms with van der Waals surface area (Å²) in [6, 6.07) is 7.15. The van der Waals surface area contributed by atoms with Gasteiger partial charge in [0, 0.05) is 19.5 Å². The van der Waals surface area contributed by atoms with Crippen LogP contribution in [0, 0.1) is 0 Å². The number of para-hydroxylation sites is 1. The first-order valence-electron chi connectivity index (χ1n) is 7.95. The predicted molar refractivity (Wildman–Crippen MR) is 87.1 cm³/mol. The molecule has 1 aromatic carbocycles. The quantitative estimate of drug-likeness (QED) is 0.653. The van der Waals surface area contributed by atoms with Crippen LogP contribution in [0.3, 0.4) is 0 Å². The maximum absolute atomic E-state index is 12.1. The monoisotopic (exact) mass is 306 g/mol. The molecule has 0 aliphatic carbocycles. The summed E-state index contributed by atoms with van der Waals surface area (Å²) in [5.41, 5.74) is 0.525. The van der Waals surface area contributed by atoms with E-state index in [0.29, 0.717) is 37.3 Å². The van der Waals surface area contributed by atoms with Gasteiger partial charge < -0.3 is 15.4 Å². The third-order valence-electron chi connectivity index (χ3n) is 3.15. The van der Waals surface area contributed by atoms with Gasteiger partial charge in [-0.15, -0.1) is 0 Å². The van der Waals surface area contributed by atoms with E-state index in [2.05, 4.69) is 17.6 Å². The molecule has 1 rings (SSSR count). The number of carbonyl (C=O) groups excluding carboxylic acids is 2. The fraction of sp³-hybridized carbons (Fsp3) is 0.529. The van der Waals surface area contributed by atoms with E-state index in [9.17, 15) is 9.59 Å². The molecule has 0 heterocycles. The van der Waals surface area contributed by atoms with Gasteiger partial charge in [0.1, 0.15) is 5.75 Å². The average molecular weight is 306 g/mol. The summed E-state index contributed by atoms with van der Waals surface area (Å²) in [4.78, 5) is 23.6. The predicted octanol–water partition coefficient (Wildman–Crippen LogP) is 2.51. The molecular formula is C17H26N2O3. The van der Waals surface area contributed by atoms with Gasteiger partial charge in [-0.1, -0.05) is 25.5 Å². The van der Waals surface area contributed by atoms with Crippen molar-refractivity contribution in [2.45, 2.75) is 39.5 Å². The van der Waals surface area contributed by atoms with Crippen molar-refractivity contribution in [1.82, 2.24) is 10.6 Å². The molecule has 122 valence electrons. The van der Waals surface area contributed by atoms with Crippen molar-refractivity contribution in [2.24, 2.45) is 0 Å². The van der Waals surface area contributed by atoms with Gasteiger partial charge in [0.15, 0.2) is 0 Å². The van der Waals surface area contributed by atoms with Crippen molar-refractivity contribution in [1.29, 1.82) is 0 Å². The zero-order valence-corrected chi connectivity index (χ0v) is 13.5. The summed E-state index contributed by atoms with van der Waals surface area (Å²) in [5.74, 6) is 0.452. The molecule has 0 bridgehead atoms. The Balaban J connectivity index is 2.30. The Hall–Kier alpha value is -2.04. The van der Waals surface area contributed by atoms with Crippen molar-refractivity contribution in [3.63, 3.8) is 0 Å². The highest BCUT2D eigenvalue weighted by Crippen LogP contribution is 2.17. The first-order chi connectivity index (χ1) is 10.7. The highest BCUT2D eigenvalue weighted by molar-refractivity contribution is 5.96. The number of rotatable bonds is 10. The Kier molecular flexibility index (Phi) is 8.72. The molecule has 5 heteroatoms. The minimum absolute atomic E-state index is 0.0393. The lowest BCUT2D eigenvalue weighted by atomic mass is 10.2. The standard InChI is InChI=1S/C17H26N2O3/c1-3-5-12-18-16(20)11-8-13-19-17(21)14-9-6-7-10-15(14)22-4-2/h6-7,9-10H,3-5,8,11-13H2,1-2H3,(H,18,20)(H,19,21). The zero-order valence-electron chi connectivity index (χ0n) is 13.5. The fourth-order valence-corrected chi connectivity index (χ4v) is 1.97. The second kappa shape index (κ2) is 10.7. The van der Waals surface area contributed by atoms with Crippen molar-refractivity contribution in [3.8, 4) is 5.75 Å². The summed E-state index contributed by atoms with van der Waals surface area (Å²) in [7, 11) is 0. The molecule has 0 saturated heterocycles.